The van der Waals surface area contributed by atoms with Crippen molar-refractivity contribution in [2.45, 2.75) is 187 Å². The van der Waals surface area contributed by atoms with Crippen molar-refractivity contribution in [2.75, 3.05) is 112 Å². The van der Waals surface area contributed by atoms with E-state index in [0.29, 0.717) is 76.2 Å². The number of rotatable bonds is 51. The highest BCUT2D eigenvalue weighted by atomic mass is 16.6. The Hall–Kier alpha value is -3.69. The lowest BCUT2D eigenvalue weighted by Crippen LogP contribution is -2.40. The molecular weight excluding hydrogens is 1150 g/mol. The Bertz CT molecular complexity index is 1780. The van der Waals surface area contributed by atoms with Crippen LogP contribution in [0.4, 0.5) is 0 Å². The van der Waals surface area contributed by atoms with Crippen molar-refractivity contribution < 1.29 is 132 Å². The SMILES string of the molecule is C=CC(=O)OCCC(O)OCCCOCC1CCC(COCC(O)COC(O)CCOC(C)=O)CC1.C=CC(O)OCCC(O)OCC(O)COCC1CCC(COCC(O)COC(O)CCOC(=O)CCC(CCC)(C(C)=O)C(=O)OCC)CC1.O. The minimum Gasteiger partial charge on any atom is -0.466 e. The molecule has 9 atom stereocenters. The number of esters is 4. The van der Waals surface area contributed by atoms with Crippen LogP contribution in [0.5, 0.6) is 0 Å². The van der Waals surface area contributed by atoms with E-state index in [0.717, 1.165) is 57.4 Å². The minimum absolute atomic E-state index is 0. The second-order valence-electron chi connectivity index (χ2n) is 21.7. The maximum atomic E-state index is 12.5. The topological polar surface area (TPSA) is 399 Å². The molecule has 0 saturated heterocycles. The summed E-state index contributed by atoms with van der Waals surface area (Å²) in [6.45, 7) is 16.1. The first-order chi connectivity index (χ1) is 41.2. The highest BCUT2D eigenvalue weighted by Gasteiger charge is 2.44. The van der Waals surface area contributed by atoms with E-state index in [-0.39, 0.29) is 129 Å². The van der Waals surface area contributed by atoms with Crippen LogP contribution >= 0.6 is 0 Å². The quantitative estimate of drug-likeness (QED) is 0.00823. The zero-order chi connectivity index (χ0) is 64.0. The number of aliphatic hydroxyl groups is 8. The Morgan fingerprint density at radius 3 is 1.31 bits per heavy atom. The van der Waals surface area contributed by atoms with Gasteiger partial charge < -0.3 is 108 Å². The van der Waals surface area contributed by atoms with Crippen molar-refractivity contribution in [2.24, 2.45) is 29.1 Å². The van der Waals surface area contributed by atoms with Crippen LogP contribution in [0.25, 0.3) is 0 Å². The Balaban J connectivity index is 0.00000177. The lowest BCUT2D eigenvalue weighted by Gasteiger charge is -2.28. The molecule has 9 unspecified atom stereocenters. The highest BCUT2D eigenvalue weighted by molar-refractivity contribution is 6.03. The summed E-state index contributed by atoms with van der Waals surface area (Å²) in [6.07, 6.45) is 3.83. The van der Waals surface area contributed by atoms with Gasteiger partial charge in [-0.15, -0.1) is 0 Å². The molecule has 0 aromatic rings. The summed E-state index contributed by atoms with van der Waals surface area (Å²) in [5, 5.41) is 78.5. The molecule has 27 nitrogen and oxygen atoms in total. The number of hydrogen-bond acceptors (Lipinski definition) is 26. The number of ether oxygens (including phenoxy) is 13. The van der Waals surface area contributed by atoms with Gasteiger partial charge in [0, 0.05) is 78.1 Å². The van der Waals surface area contributed by atoms with E-state index in [4.69, 9.17) is 61.6 Å². The van der Waals surface area contributed by atoms with Gasteiger partial charge in [-0.05, 0) is 114 Å². The van der Waals surface area contributed by atoms with Gasteiger partial charge in [0.2, 0.25) is 0 Å². The van der Waals surface area contributed by atoms with Gasteiger partial charge in [0.25, 0.3) is 0 Å². The Morgan fingerprint density at radius 2 is 0.908 bits per heavy atom. The summed E-state index contributed by atoms with van der Waals surface area (Å²) in [4.78, 5) is 58.7. The van der Waals surface area contributed by atoms with Crippen LogP contribution in [0, 0.1) is 29.1 Å². The monoisotopic (exact) mass is 1260 g/mol. The van der Waals surface area contributed by atoms with E-state index in [1.165, 1.54) is 19.9 Å². The normalized spacial score (nSPS) is 20.2. The Labute approximate surface area is 513 Å². The number of carbonyl (C=O) groups excluding carboxylic acids is 5. The first-order valence-electron chi connectivity index (χ1n) is 30.4. The van der Waals surface area contributed by atoms with Crippen LogP contribution in [0.15, 0.2) is 25.3 Å². The third-order valence-electron chi connectivity index (χ3n) is 14.2. The second kappa shape index (κ2) is 52.0. The lowest BCUT2D eigenvalue weighted by atomic mass is 9.76. The second-order valence-corrected chi connectivity index (χ2v) is 21.7. The molecule has 510 valence electrons. The van der Waals surface area contributed by atoms with Crippen molar-refractivity contribution in [3.63, 3.8) is 0 Å². The zero-order valence-corrected chi connectivity index (χ0v) is 52.0. The molecule has 2 aliphatic rings. The standard InChI is InChI=1S/C35H62O15.C25H44O11.H2O/c1-5-15-35(25(4)36,34(43)46-7-3)16-12-31(40)48-18-14-33(42)50-24-29(38)22-45-20-27-10-8-26(9-11-27)19-44-21-28(37)23-49-32(41)13-17-47-30(39)6-2;1-3-23(28)35-14-10-24(29)34-12-4-11-31-15-20-5-7-21(8-6-20)16-32-17-22(27)18-36-25(30)9-13-33-19(2)26;/h6,26-30,32-33,37-39,41-42H,2,5,7-24H2,1,3-4H3;3,20-22,24-25,27,29-30H,1,4-18H2,2H3;1H2. The molecule has 87 heavy (non-hydrogen) atoms. The van der Waals surface area contributed by atoms with Gasteiger partial charge in [0.05, 0.1) is 79.3 Å². The minimum atomic E-state index is -1.38. The molecule has 10 N–H and O–H groups in total. The molecule has 0 heterocycles. The largest absolute Gasteiger partial charge is 0.466 e. The van der Waals surface area contributed by atoms with Crippen molar-refractivity contribution in [3.8, 4) is 0 Å². The van der Waals surface area contributed by atoms with Crippen LogP contribution in [0.1, 0.15) is 137 Å². The molecule has 0 amide bonds. The van der Waals surface area contributed by atoms with Crippen molar-refractivity contribution in [1.29, 1.82) is 0 Å². The van der Waals surface area contributed by atoms with Gasteiger partial charge in [0.1, 0.15) is 29.5 Å². The molecule has 0 spiro atoms. The molecule has 2 saturated carbocycles. The van der Waals surface area contributed by atoms with Crippen LogP contribution in [0.3, 0.4) is 0 Å². The zero-order valence-electron chi connectivity index (χ0n) is 52.0. The number of aliphatic hydroxyl groups excluding tert-OH is 8. The summed E-state index contributed by atoms with van der Waals surface area (Å²) in [5.41, 5.74) is -1.38. The first-order valence-corrected chi connectivity index (χ1v) is 30.4. The van der Waals surface area contributed by atoms with Gasteiger partial charge in [-0.1, -0.05) is 26.5 Å². The number of Topliss-reactive ketones (excluding diaryl/α,β-unsaturated/α-hetero) is 1. The van der Waals surface area contributed by atoms with E-state index in [1.807, 2.05) is 6.92 Å². The average molecular weight is 1260 g/mol. The summed E-state index contributed by atoms with van der Waals surface area (Å²) < 4.78 is 68.2. The molecule has 0 aliphatic heterocycles. The van der Waals surface area contributed by atoms with Gasteiger partial charge in [-0.25, -0.2) is 4.79 Å². The number of carbonyl (C=O) groups is 5. The first kappa shape index (κ1) is 83.3. The summed E-state index contributed by atoms with van der Waals surface area (Å²) in [6, 6.07) is 0. The third kappa shape index (κ3) is 42.8. The summed E-state index contributed by atoms with van der Waals surface area (Å²) in [7, 11) is 0. The molecule has 2 aliphatic carbocycles. The smallest absolute Gasteiger partial charge is 0.330 e. The molecule has 2 rings (SSSR count). The maximum Gasteiger partial charge on any atom is 0.330 e. The maximum absolute atomic E-state index is 12.5. The molecular formula is C60H108O27. The van der Waals surface area contributed by atoms with Crippen LogP contribution < -0.4 is 0 Å². The lowest BCUT2D eigenvalue weighted by molar-refractivity contribution is -0.162. The highest BCUT2D eigenvalue weighted by Crippen LogP contribution is 2.34. The van der Waals surface area contributed by atoms with E-state index < -0.39 is 79.1 Å². The molecule has 0 aromatic carbocycles. The summed E-state index contributed by atoms with van der Waals surface area (Å²) in [5.74, 6) is -0.874. The third-order valence-corrected chi connectivity index (χ3v) is 14.2. The van der Waals surface area contributed by atoms with Gasteiger partial charge >= 0.3 is 23.9 Å². The van der Waals surface area contributed by atoms with Crippen molar-refractivity contribution in [1.82, 2.24) is 0 Å². The van der Waals surface area contributed by atoms with Crippen molar-refractivity contribution in [3.05, 3.63) is 25.3 Å². The number of hydrogen-bond donors (Lipinski definition) is 8. The Morgan fingerprint density at radius 1 is 0.494 bits per heavy atom. The predicted octanol–water partition coefficient (Wildman–Crippen LogP) is 2.28. The predicted molar refractivity (Wildman–Crippen MR) is 312 cm³/mol. The van der Waals surface area contributed by atoms with E-state index in [9.17, 15) is 64.8 Å². The van der Waals surface area contributed by atoms with Crippen molar-refractivity contribution >= 4 is 29.7 Å². The fourth-order valence-corrected chi connectivity index (χ4v) is 9.18. The van der Waals surface area contributed by atoms with E-state index in [1.54, 1.807) is 6.92 Å². The fraction of sp³-hybridized carbons (Fsp3) is 0.850. The van der Waals surface area contributed by atoms with Crippen LogP contribution in [-0.4, -0.2) is 238 Å². The van der Waals surface area contributed by atoms with Crippen LogP contribution in [-0.2, 0) is 85.6 Å². The fourth-order valence-electron chi connectivity index (χ4n) is 9.18. The molecule has 2 fully saturated rings. The summed E-state index contributed by atoms with van der Waals surface area (Å²) >= 11 is 0. The van der Waals surface area contributed by atoms with Gasteiger partial charge in [-0.2, -0.15) is 0 Å². The van der Waals surface area contributed by atoms with Gasteiger partial charge in [0.15, 0.2) is 31.5 Å². The molecule has 0 bridgehead atoms. The molecule has 27 heteroatoms. The van der Waals surface area contributed by atoms with E-state index in [2.05, 4.69) is 13.2 Å². The van der Waals surface area contributed by atoms with E-state index >= 15 is 0 Å². The average Bonchev–Trinajstić information content (AvgIpc) is 2.08. The molecule has 0 aromatic heterocycles. The van der Waals surface area contributed by atoms with Gasteiger partial charge in [-0.3, -0.25) is 19.2 Å². The molecule has 0 radical (unpaired) electrons. The van der Waals surface area contributed by atoms with Crippen LogP contribution in [0.2, 0.25) is 0 Å². The number of ketones is 1. The Kier molecular flexibility index (Phi) is 49.8.